The molecule has 0 bridgehead atoms. The lowest BCUT2D eigenvalue weighted by molar-refractivity contribution is -0.111. The molecule has 3 rings (SSSR count). The molecule has 0 radical (unpaired) electrons. The van der Waals surface area contributed by atoms with Crippen molar-refractivity contribution in [3.8, 4) is 17.2 Å². The number of carbonyl (C=O) groups is 1. The molecular weight excluding hydrogens is 444 g/mol. The smallest absolute Gasteiger partial charge is 0.265 e. The average Bonchev–Trinajstić information content (AvgIpc) is 2.83. The topological polar surface area (TPSA) is 103 Å². The molecular formula is C24H24N2O6S. The van der Waals surface area contributed by atoms with E-state index in [1.54, 1.807) is 55.7 Å². The number of methoxy groups -OCH3 is 3. The molecule has 0 saturated heterocycles. The van der Waals surface area contributed by atoms with E-state index in [-0.39, 0.29) is 10.6 Å². The van der Waals surface area contributed by atoms with Gasteiger partial charge in [0.1, 0.15) is 22.1 Å². The molecule has 1 amide bonds. The Balaban J connectivity index is 1.79. The predicted octanol–water partition coefficient (Wildman–Crippen LogP) is 4.17. The van der Waals surface area contributed by atoms with Crippen LogP contribution >= 0.6 is 0 Å². The molecule has 172 valence electrons. The first-order valence-electron chi connectivity index (χ1n) is 9.82. The second-order valence-corrected chi connectivity index (χ2v) is 8.45. The van der Waals surface area contributed by atoms with Gasteiger partial charge in [-0.2, -0.15) is 0 Å². The maximum absolute atomic E-state index is 13.0. The molecule has 8 nitrogen and oxygen atoms in total. The van der Waals surface area contributed by atoms with Crippen molar-refractivity contribution in [2.45, 2.75) is 4.90 Å². The van der Waals surface area contributed by atoms with E-state index in [2.05, 4.69) is 10.0 Å². The largest absolute Gasteiger partial charge is 0.497 e. The molecule has 33 heavy (non-hydrogen) atoms. The molecule has 2 N–H and O–H groups in total. The molecule has 0 saturated carbocycles. The number of benzene rings is 3. The monoisotopic (exact) mass is 468 g/mol. The van der Waals surface area contributed by atoms with Gasteiger partial charge in [0.15, 0.2) is 0 Å². The zero-order chi connectivity index (χ0) is 23.8. The molecule has 0 fully saturated rings. The van der Waals surface area contributed by atoms with Crippen LogP contribution in [0.1, 0.15) is 5.56 Å². The molecule has 0 heterocycles. The van der Waals surface area contributed by atoms with Crippen molar-refractivity contribution in [2.24, 2.45) is 0 Å². The standard InChI is InChI=1S/C24H24N2O6S/c1-30-20-11-8-18(9-12-20)26-33(28,29)23-16-19(10-13-22(23)32-3)25-24(27)14-7-17-5-4-6-21(15-17)31-2/h4-16,26H,1-3H3,(H,25,27). The van der Waals surface area contributed by atoms with E-state index in [1.807, 2.05) is 12.1 Å². The molecule has 0 aromatic heterocycles. The highest BCUT2D eigenvalue weighted by Gasteiger charge is 2.21. The first-order chi connectivity index (χ1) is 15.8. The maximum atomic E-state index is 13.0. The summed E-state index contributed by atoms with van der Waals surface area (Å²) in [5, 5.41) is 2.66. The summed E-state index contributed by atoms with van der Waals surface area (Å²) in [6.07, 6.45) is 2.98. The average molecular weight is 469 g/mol. The second-order valence-electron chi connectivity index (χ2n) is 6.80. The van der Waals surface area contributed by atoms with E-state index in [9.17, 15) is 13.2 Å². The summed E-state index contributed by atoms with van der Waals surface area (Å²) in [6, 6.07) is 18.0. The summed E-state index contributed by atoms with van der Waals surface area (Å²) in [5.41, 5.74) is 1.44. The molecule has 9 heteroatoms. The van der Waals surface area contributed by atoms with Crippen LogP contribution in [0, 0.1) is 0 Å². The fourth-order valence-corrected chi connectivity index (χ4v) is 4.19. The van der Waals surface area contributed by atoms with Crippen LogP contribution in [0.5, 0.6) is 17.2 Å². The van der Waals surface area contributed by atoms with Crippen LogP contribution in [0.3, 0.4) is 0 Å². The number of sulfonamides is 1. The number of carbonyl (C=O) groups excluding carboxylic acids is 1. The van der Waals surface area contributed by atoms with Crippen LogP contribution in [0.2, 0.25) is 0 Å². The highest BCUT2D eigenvalue weighted by molar-refractivity contribution is 7.92. The van der Waals surface area contributed by atoms with E-state index in [0.29, 0.717) is 22.9 Å². The Morgan fingerprint density at radius 2 is 1.52 bits per heavy atom. The minimum Gasteiger partial charge on any atom is -0.497 e. The van der Waals surface area contributed by atoms with Crippen molar-refractivity contribution in [3.05, 3.63) is 78.4 Å². The number of nitrogens with one attached hydrogen (secondary N) is 2. The second kappa shape index (κ2) is 10.6. The molecule has 0 aliphatic carbocycles. The van der Waals surface area contributed by atoms with E-state index in [1.165, 1.54) is 32.4 Å². The summed E-state index contributed by atoms with van der Waals surface area (Å²) in [6.45, 7) is 0. The lowest BCUT2D eigenvalue weighted by atomic mass is 10.2. The van der Waals surface area contributed by atoms with Gasteiger partial charge in [0.05, 0.1) is 21.3 Å². The number of anilines is 2. The summed E-state index contributed by atoms with van der Waals surface area (Å²) < 4.78 is 43.9. The number of rotatable bonds is 9. The Morgan fingerprint density at radius 3 is 2.18 bits per heavy atom. The Kier molecular flexibility index (Phi) is 7.57. The fraction of sp³-hybridized carbons (Fsp3) is 0.125. The van der Waals surface area contributed by atoms with Crippen LogP contribution < -0.4 is 24.2 Å². The molecule has 3 aromatic carbocycles. The van der Waals surface area contributed by atoms with Gasteiger partial charge in [-0.05, 0) is 66.2 Å². The minimum absolute atomic E-state index is 0.115. The number of ether oxygens (including phenoxy) is 3. The van der Waals surface area contributed by atoms with Gasteiger partial charge >= 0.3 is 0 Å². The van der Waals surface area contributed by atoms with Gasteiger partial charge < -0.3 is 19.5 Å². The highest BCUT2D eigenvalue weighted by Crippen LogP contribution is 2.29. The van der Waals surface area contributed by atoms with E-state index >= 15 is 0 Å². The molecule has 0 unspecified atom stereocenters. The van der Waals surface area contributed by atoms with Gasteiger partial charge in [-0.3, -0.25) is 9.52 Å². The molecule has 3 aromatic rings. The van der Waals surface area contributed by atoms with Gasteiger partial charge in [-0.25, -0.2) is 8.42 Å². The Labute approximate surface area is 192 Å². The third-order valence-corrected chi connectivity index (χ3v) is 5.99. The Bertz CT molecular complexity index is 1250. The number of amides is 1. The number of hydrogen-bond donors (Lipinski definition) is 2. The van der Waals surface area contributed by atoms with Crippen LogP contribution in [0.4, 0.5) is 11.4 Å². The van der Waals surface area contributed by atoms with Crippen molar-refractivity contribution in [1.29, 1.82) is 0 Å². The summed E-state index contributed by atoms with van der Waals surface area (Å²) in [7, 11) is 0.463. The minimum atomic E-state index is -4.00. The third-order valence-electron chi connectivity index (χ3n) is 4.58. The predicted molar refractivity (Wildman–Crippen MR) is 127 cm³/mol. The van der Waals surface area contributed by atoms with Crippen molar-refractivity contribution in [2.75, 3.05) is 31.4 Å². The zero-order valence-electron chi connectivity index (χ0n) is 18.4. The third kappa shape index (κ3) is 6.27. The van der Waals surface area contributed by atoms with E-state index in [4.69, 9.17) is 14.2 Å². The van der Waals surface area contributed by atoms with Crippen LogP contribution in [0.15, 0.2) is 77.7 Å². The lowest BCUT2D eigenvalue weighted by Gasteiger charge is -2.13. The van der Waals surface area contributed by atoms with Crippen molar-refractivity contribution < 1.29 is 27.4 Å². The molecule has 0 aliphatic rings. The number of hydrogen-bond acceptors (Lipinski definition) is 6. The Hall–Kier alpha value is -3.98. The molecule has 0 aliphatic heterocycles. The van der Waals surface area contributed by atoms with Crippen molar-refractivity contribution >= 4 is 33.4 Å². The van der Waals surface area contributed by atoms with Gasteiger partial charge in [-0.1, -0.05) is 12.1 Å². The van der Waals surface area contributed by atoms with E-state index < -0.39 is 15.9 Å². The fourth-order valence-electron chi connectivity index (χ4n) is 2.93. The van der Waals surface area contributed by atoms with Crippen molar-refractivity contribution in [1.82, 2.24) is 0 Å². The summed E-state index contributed by atoms with van der Waals surface area (Å²) in [5.74, 6) is 0.990. The first-order valence-corrected chi connectivity index (χ1v) is 11.3. The molecule has 0 atom stereocenters. The maximum Gasteiger partial charge on any atom is 0.265 e. The summed E-state index contributed by atoms with van der Waals surface area (Å²) in [4.78, 5) is 12.3. The normalized spacial score (nSPS) is 11.1. The quantitative estimate of drug-likeness (QED) is 0.457. The van der Waals surface area contributed by atoms with Crippen molar-refractivity contribution in [3.63, 3.8) is 0 Å². The first kappa shape index (κ1) is 23.7. The Morgan fingerprint density at radius 1 is 0.818 bits per heavy atom. The van der Waals surface area contributed by atoms with Gasteiger partial charge in [0.2, 0.25) is 5.91 Å². The van der Waals surface area contributed by atoms with E-state index in [0.717, 1.165) is 5.56 Å². The van der Waals surface area contributed by atoms with Crippen LogP contribution in [-0.2, 0) is 14.8 Å². The molecule has 0 spiro atoms. The van der Waals surface area contributed by atoms with Gasteiger partial charge in [0.25, 0.3) is 10.0 Å². The highest BCUT2D eigenvalue weighted by atomic mass is 32.2. The SMILES string of the molecule is COc1ccc(NS(=O)(=O)c2cc(NC(=O)C=Cc3cccc(OC)c3)ccc2OC)cc1. The van der Waals surface area contributed by atoms with Crippen LogP contribution in [-0.4, -0.2) is 35.7 Å². The van der Waals surface area contributed by atoms with Crippen LogP contribution in [0.25, 0.3) is 6.08 Å². The van der Waals surface area contributed by atoms with Gasteiger partial charge in [0, 0.05) is 17.5 Å². The lowest BCUT2D eigenvalue weighted by Crippen LogP contribution is -2.15. The van der Waals surface area contributed by atoms with Gasteiger partial charge in [-0.15, -0.1) is 0 Å². The zero-order valence-corrected chi connectivity index (χ0v) is 19.2. The summed E-state index contributed by atoms with van der Waals surface area (Å²) >= 11 is 0.